The topological polar surface area (TPSA) is 79.9 Å². The van der Waals surface area contributed by atoms with Crippen molar-refractivity contribution in [1.29, 1.82) is 0 Å². The van der Waals surface area contributed by atoms with Gasteiger partial charge in [-0.1, -0.05) is 0 Å². The summed E-state index contributed by atoms with van der Waals surface area (Å²) in [4.78, 5) is 34.1. The first-order chi connectivity index (χ1) is 11.9. The number of carbonyl (C=O) groups excluding carboxylic acids is 2. The smallest absolute Gasteiger partial charge is 0.270 e. The molecule has 138 valence electrons. The van der Waals surface area contributed by atoms with Crippen LogP contribution in [0.25, 0.3) is 0 Å². The molecule has 2 amide bonds. The summed E-state index contributed by atoms with van der Waals surface area (Å²) >= 11 is 0. The predicted molar refractivity (Wildman–Crippen MR) is 94.3 cm³/mol. The lowest BCUT2D eigenvalue weighted by Gasteiger charge is -2.49. The maximum atomic E-state index is 12.8. The van der Waals surface area contributed by atoms with Crippen LogP contribution in [0.3, 0.4) is 0 Å². The molecule has 1 aromatic rings. The lowest BCUT2D eigenvalue weighted by molar-refractivity contribution is -0.131. The van der Waals surface area contributed by atoms with Crippen molar-refractivity contribution in [2.75, 3.05) is 46.4 Å². The van der Waals surface area contributed by atoms with E-state index in [1.54, 1.807) is 4.90 Å². The van der Waals surface area contributed by atoms with Crippen LogP contribution < -0.4 is 0 Å². The van der Waals surface area contributed by atoms with Gasteiger partial charge in [-0.25, -0.2) is 0 Å². The van der Waals surface area contributed by atoms with E-state index in [4.69, 9.17) is 5.11 Å². The van der Waals surface area contributed by atoms with Gasteiger partial charge in [-0.05, 0) is 38.4 Å². The van der Waals surface area contributed by atoms with Gasteiger partial charge in [-0.3, -0.25) is 14.5 Å². The number of carbonyl (C=O) groups is 2. The van der Waals surface area contributed by atoms with E-state index < -0.39 is 0 Å². The van der Waals surface area contributed by atoms with Crippen molar-refractivity contribution in [2.45, 2.75) is 31.7 Å². The Bertz CT molecular complexity index is 644. The summed E-state index contributed by atoms with van der Waals surface area (Å²) < 4.78 is 0. The molecular weight excluding hydrogens is 320 g/mol. The fraction of sp³-hybridized carbons (Fsp3) is 0.667. The van der Waals surface area contributed by atoms with Gasteiger partial charge < -0.3 is 19.9 Å². The molecule has 0 aliphatic carbocycles. The molecule has 7 heteroatoms. The summed E-state index contributed by atoms with van der Waals surface area (Å²) in [5.74, 6) is 0.131. The number of β-amino-alcohol motifs (C(OH)–C–C–N with tert-alkyl or cyclic N) is 1. The van der Waals surface area contributed by atoms with Gasteiger partial charge in [0.15, 0.2) is 0 Å². The van der Waals surface area contributed by atoms with Gasteiger partial charge in [-0.2, -0.15) is 0 Å². The standard InChI is InChI=1S/C18H28N4O3/c1-14-11-15(19-12-14)17(25)22-8-7-20(2)18(13-22)4-3-16(24)21(6-5-18)9-10-23/h11-12,19,23H,3-10,13H2,1-2H3/t18-/m0/s1. The second kappa shape index (κ2) is 7.17. The van der Waals surface area contributed by atoms with Crippen molar-refractivity contribution in [3.05, 3.63) is 23.5 Å². The van der Waals surface area contributed by atoms with Crippen LogP contribution in [-0.2, 0) is 4.79 Å². The molecule has 2 aliphatic rings. The largest absolute Gasteiger partial charge is 0.395 e. The van der Waals surface area contributed by atoms with Gasteiger partial charge >= 0.3 is 0 Å². The number of aliphatic hydroxyl groups is 1. The molecule has 0 unspecified atom stereocenters. The molecule has 0 saturated carbocycles. The normalized spacial score (nSPS) is 25.5. The number of likely N-dealkylation sites (N-methyl/N-ethyl adjacent to an activating group) is 1. The SMILES string of the molecule is Cc1c[nH]c(C(=O)N2CCN(C)[C@]3(CCC(=O)N(CCO)CC3)C2)c1. The second-order valence-electron chi connectivity index (χ2n) is 7.32. The molecule has 25 heavy (non-hydrogen) atoms. The van der Waals surface area contributed by atoms with Crippen LogP contribution in [0.5, 0.6) is 0 Å². The molecule has 2 saturated heterocycles. The third-order valence-electron chi connectivity index (χ3n) is 5.72. The maximum Gasteiger partial charge on any atom is 0.270 e. The molecule has 2 aliphatic heterocycles. The maximum absolute atomic E-state index is 12.8. The van der Waals surface area contributed by atoms with E-state index >= 15 is 0 Å². The molecule has 3 heterocycles. The average molecular weight is 348 g/mol. The Morgan fingerprint density at radius 1 is 1.32 bits per heavy atom. The number of hydrogen-bond donors (Lipinski definition) is 2. The summed E-state index contributed by atoms with van der Waals surface area (Å²) in [7, 11) is 2.09. The number of rotatable bonds is 3. The van der Waals surface area contributed by atoms with E-state index in [9.17, 15) is 9.59 Å². The summed E-state index contributed by atoms with van der Waals surface area (Å²) in [6.07, 6.45) is 3.88. The van der Waals surface area contributed by atoms with Gasteiger partial charge in [0.25, 0.3) is 5.91 Å². The van der Waals surface area contributed by atoms with Crippen molar-refractivity contribution < 1.29 is 14.7 Å². The monoisotopic (exact) mass is 348 g/mol. The van der Waals surface area contributed by atoms with Gasteiger partial charge in [0, 0.05) is 50.9 Å². The third-order valence-corrected chi connectivity index (χ3v) is 5.72. The van der Waals surface area contributed by atoms with E-state index in [1.807, 2.05) is 24.1 Å². The van der Waals surface area contributed by atoms with Crippen molar-refractivity contribution >= 4 is 11.8 Å². The van der Waals surface area contributed by atoms with Gasteiger partial charge in [0.2, 0.25) is 5.91 Å². The minimum Gasteiger partial charge on any atom is -0.395 e. The number of aromatic nitrogens is 1. The Hall–Kier alpha value is -1.86. The number of aryl methyl sites for hydroxylation is 1. The van der Waals surface area contributed by atoms with Crippen LogP contribution in [0, 0.1) is 6.92 Å². The minimum atomic E-state index is -0.171. The summed E-state index contributed by atoms with van der Waals surface area (Å²) in [5, 5.41) is 9.16. The molecule has 0 bridgehead atoms. The van der Waals surface area contributed by atoms with Crippen LogP contribution >= 0.6 is 0 Å². The molecule has 1 spiro atoms. The van der Waals surface area contributed by atoms with E-state index in [0.29, 0.717) is 38.3 Å². The lowest BCUT2D eigenvalue weighted by Crippen LogP contribution is -2.62. The Labute approximate surface area is 148 Å². The van der Waals surface area contributed by atoms with Gasteiger partial charge in [0.05, 0.1) is 6.61 Å². The quantitative estimate of drug-likeness (QED) is 0.831. The first-order valence-electron chi connectivity index (χ1n) is 8.99. The summed E-state index contributed by atoms with van der Waals surface area (Å²) in [6.45, 7) is 5.12. The fourth-order valence-electron chi connectivity index (χ4n) is 4.02. The van der Waals surface area contributed by atoms with E-state index in [1.165, 1.54) is 0 Å². The van der Waals surface area contributed by atoms with Gasteiger partial charge in [-0.15, -0.1) is 0 Å². The zero-order chi connectivity index (χ0) is 18.0. The molecule has 1 aromatic heterocycles. The minimum absolute atomic E-state index is 0.00857. The number of aromatic amines is 1. The van der Waals surface area contributed by atoms with Crippen molar-refractivity contribution in [1.82, 2.24) is 19.7 Å². The van der Waals surface area contributed by atoms with Crippen LogP contribution in [0.1, 0.15) is 35.3 Å². The first-order valence-corrected chi connectivity index (χ1v) is 8.99. The molecule has 1 atom stereocenters. The molecule has 3 rings (SSSR count). The molecule has 0 aromatic carbocycles. The average Bonchev–Trinajstić information content (AvgIpc) is 2.97. The number of aliphatic hydroxyl groups excluding tert-OH is 1. The van der Waals surface area contributed by atoms with Crippen molar-refractivity contribution in [2.24, 2.45) is 0 Å². The Balaban J connectivity index is 1.76. The van der Waals surface area contributed by atoms with E-state index in [-0.39, 0.29) is 24.0 Å². The van der Waals surface area contributed by atoms with Gasteiger partial charge in [0.1, 0.15) is 5.69 Å². The lowest BCUT2D eigenvalue weighted by atomic mass is 9.86. The highest BCUT2D eigenvalue weighted by atomic mass is 16.3. The molecule has 7 nitrogen and oxygen atoms in total. The number of amides is 2. The number of nitrogens with one attached hydrogen (secondary N) is 1. The Morgan fingerprint density at radius 3 is 2.80 bits per heavy atom. The zero-order valence-corrected chi connectivity index (χ0v) is 15.1. The fourth-order valence-corrected chi connectivity index (χ4v) is 4.02. The van der Waals surface area contributed by atoms with Crippen LogP contribution in [-0.4, -0.2) is 88.5 Å². The summed E-state index contributed by atoms with van der Waals surface area (Å²) in [5.41, 5.74) is 1.51. The number of likely N-dealkylation sites (tertiary alicyclic amines) is 1. The molecular formula is C18H28N4O3. The van der Waals surface area contributed by atoms with Crippen molar-refractivity contribution in [3.8, 4) is 0 Å². The highest BCUT2D eigenvalue weighted by Crippen LogP contribution is 2.32. The molecule has 0 radical (unpaired) electrons. The van der Waals surface area contributed by atoms with Crippen LogP contribution in [0.4, 0.5) is 0 Å². The molecule has 2 N–H and O–H groups in total. The first kappa shape index (κ1) is 17.9. The second-order valence-corrected chi connectivity index (χ2v) is 7.32. The third kappa shape index (κ3) is 3.57. The number of H-pyrrole nitrogens is 1. The highest BCUT2D eigenvalue weighted by molar-refractivity contribution is 5.92. The van der Waals surface area contributed by atoms with Crippen LogP contribution in [0.15, 0.2) is 12.3 Å². The number of piperazine rings is 1. The van der Waals surface area contributed by atoms with Crippen molar-refractivity contribution in [3.63, 3.8) is 0 Å². The number of hydrogen-bond acceptors (Lipinski definition) is 4. The molecule has 2 fully saturated rings. The Morgan fingerprint density at radius 2 is 2.12 bits per heavy atom. The van der Waals surface area contributed by atoms with E-state index in [0.717, 1.165) is 24.9 Å². The number of nitrogens with zero attached hydrogens (tertiary/aromatic N) is 3. The highest BCUT2D eigenvalue weighted by Gasteiger charge is 2.43. The zero-order valence-electron chi connectivity index (χ0n) is 15.1. The predicted octanol–water partition coefficient (Wildman–Crippen LogP) is 0.454. The van der Waals surface area contributed by atoms with Crippen LogP contribution in [0.2, 0.25) is 0 Å². The summed E-state index contributed by atoms with van der Waals surface area (Å²) in [6, 6.07) is 1.88. The van der Waals surface area contributed by atoms with E-state index in [2.05, 4.69) is 16.9 Å². The Kier molecular flexibility index (Phi) is 5.15.